The van der Waals surface area contributed by atoms with Gasteiger partial charge in [0, 0.05) is 17.1 Å². The Hall–Kier alpha value is -3.58. The highest BCUT2D eigenvalue weighted by Crippen LogP contribution is 2.34. The van der Waals surface area contributed by atoms with E-state index in [4.69, 9.17) is 0 Å². The second-order valence-corrected chi connectivity index (χ2v) is 8.12. The minimum Gasteiger partial charge on any atom is -0.311 e. The zero-order valence-electron chi connectivity index (χ0n) is 18.4. The average Bonchev–Trinajstić information content (AvgIpc) is 2.81. The number of nitrogens with zero attached hydrogens (tertiary/aromatic N) is 1. The van der Waals surface area contributed by atoms with Crippen LogP contribution in [0.1, 0.15) is 27.8 Å². The molecule has 4 aromatic rings. The molecule has 0 saturated heterocycles. The summed E-state index contributed by atoms with van der Waals surface area (Å²) in [6.07, 6.45) is 3.95. The van der Waals surface area contributed by atoms with Crippen molar-refractivity contribution in [2.75, 3.05) is 4.90 Å². The summed E-state index contributed by atoms with van der Waals surface area (Å²) < 4.78 is 0. The number of aryl methyl sites for hydroxylation is 4. The van der Waals surface area contributed by atoms with E-state index in [1.165, 1.54) is 44.9 Å². The van der Waals surface area contributed by atoms with Crippen molar-refractivity contribution in [2.24, 2.45) is 0 Å². The lowest BCUT2D eigenvalue weighted by Gasteiger charge is -2.26. The Morgan fingerprint density at radius 2 is 0.903 bits per heavy atom. The number of hydrogen-bond acceptors (Lipinski definition) is 1. The van der Waals surface area contributed by atoms with Crippen molar-refractivity contribution in [2.45, 2.75) is 26.7 Å². The standard InChI is InChI=1S/C30H29N/c1-4-25-9-11-26(12-10-25)13-14-27-15-21-30(22-16-27)31(28-17-5-23(2)6-18-28)29-19-7-24(3)8-20-29/h4-12,15-22H,1,13-14H2,2-3H3. The fraction of sp³-hybridized carbons (Fsp3) is 0.133. The topological polar surface area (TPSA) is 3.24 Å². The molecule has 0 amide bonds. The highest BCUT2D eigenvalue weighted by molar-refractivity contribution is 5.76. The van der Waals surface area contributed by atoms with E-state index in [2.05, 4.69) is 122 Å². The van der Waals surface area contributed by atoms with E-state index >= 15 is 0 Å². The molecule has 0 fully saturated rings. The molecule has 0 aliphatic rings. The maximum atomic E-state index is 3.82. The van der Waals surface area contributed by atoms with E-state index < -0.39 is 0 Å². The van der Waals surface area contributed by atoms with E-state index in [1.54, 1.807) is 0 Å². The van der Waals surface area contributed by atoms with Gasteiger partial charge in [0.05, 0.1) is 0 Å². The van der Waals surface area contributed by atoms with Crippen LogP contribution in [0, 0.1) is 13.8 Å². The molecule has 4 aromatic carbocycles. The molecule has 154 valence electrons. The molecule has 1 nitrogen and oxygen atoms in total. The zero-order chi connectivity index (χ0) is 21.6. The first kappa shape index (κ1) is 20.7. The molecule has 0 aliphatic carbocycles. The second kappa shape index (κ2) is 9.49. The molecule has 4 rings (SSSR count). The SMILES string of the molecule is C=Cc1ccc(CCc2ccc(N(c3ccc(C)cc3)c3ccc(C)cc3)cc2)cc1. The van der Waals surface area contributed by atoms with E-state index in [9.17, 15) is 0 Å². The number of rotatable bonds is 7. The third-order valence-electron chi connectivity index (χ3n) is 5.70. The smallest absolute Gasteiger partial charge is 0.0461 e. The van der Waals surface area contributed by atoms with Crippen LogP contribution in [0.2, 0.25) is 0 Å². The Balaban J connectivity index is 1.56. The molecule has 0 heterocycles. The summed E-state index contributed by atoms with van der Waals surface area (Å²) >= 11 is 0. The molecule has 0 aromatic heterocycles. The van der Waals surface area contributed by atoms with E-state index in [0.717, 1.165) is 12.8 Å². The van der Waals surface area contributed by atoms with E-state index in [0.29, 0.717) is 0 Å². The normalized spacial score (nSPS) is 10.6. The molecule has 31 heavy (non-hydrogen) atoms. The van der Waals surface area contributed by atoms with Crippen molar-refractivity contribution >= 4 is 23.1 Å². The van der Waals surface area contributed by atoms with Crippen LogP contribution in [0.4, 0.5) is 17.1 Å². The molecule has 0 unspecified atom stereocenters. The fourth-order valence-corrected chi connectivity index (χ4v) is 3.76. The summed E-state index contributed by atoms with van der Waals surface area (Å²) in [5, 5.41) is 0. The number of anilines is 3. The van der Waals surface area contributed by atoms with Gasteiger partial charge in [-0.1, -0.05) is 84.4 Å². The zero-order valence-corrected chi connectivity index (χ0v) is 18.4. The highest BCUT2D eigenvalue weighted by Gasteiger charge is 2.12. The van der Waals surface area contributed by atoms with Crippen LogP contribution in [0.5, 0.6) is 0 Å². The lowest BCUT2D eigenvalue weighted by atomic mass is 10.0. The van der Waals surface area contributed by atoms with Gasteiger partial charge in [-0.15, -0.1) is 0 Å². The Kier molecular flexibility index (Phi) is 6.33. The number of benzene rings is 4. The first-order valence-electron chi connectivity index (χ1n) is 10.9. The first-order chi connectivity index (χ1) is 15.1. The van der Waals surface area contributed by atoms with Gasteiger partial charge in [0.15, 0.2) is 0 Å². The monoisotopic (exact) mass is 403 g/mol. The Labute approximate surface area is 186 Å². The average molecular weight is 404 g/mol. The van der Waals surface area contributed by atoms with Crippen molar-refractivity contribution in [3.8, 4) is 0 Å². The molecule has 0 radical (unpaired) electrons. The Morgan fingerprint density at radius 3 is 1.29 bits per heavy atom. The number of hydrogen-bond donors (Lipinski definition) is 0. The van der Waals surface area contributed by atoms with Gasteiger partial charge in [0.2, 0.25) is 0 Å². The molecular weight excluding hydrogens is 374 g/mol. The molecule has 1 heteroatoms. The van der Waals surface area contributed by atoms with Crippen LogP contribution in [0.15, 0.2) is 104 Å². The quantitative estimate of drug-likeness (QED) is 0.300. The van der Waals surface area contributed by atoms with Gasteiger partial charge in [-0.05, 0) is 79.8 Å². The van der Waals surface area contributed by atoms with Crippen LogP contribution >= 0.6 is 0 Å². The molecule has 0 N–H and O–H groups in total. The predicted octanol–water partition coefficient (Wildman–Crippen LogP) is 8.20. The van der Waals surface area contributed by atoms with Gasteiger partial charge in [-0.3, -0.25) is 0 Å². The first-order valence-corrected chi connectivity index (χ1v) is 10.9. The van der Waals surface area contributed by atoms with Crippen LogP contribution < -0.4 is 4.90 Å². The highest BCUT2D eigenvalue weighted by atomic mass is 15.1. The lowest BCUT2D eigenvalue weighted by Crippen LogP contribution is -2.10. The molecule has 0 atom stereocenters. The minimum absolute atomic E-state index is 1.03. The van der Waals surface area contributed by atoms with Gasteiger partial charge in [-0.2, -0.15) is 0 Å². The summed E-state index contributed by atoms with van der Waals surface area (Å²) in [4.78, 5) is 2.32. The molecule has 0 saturated carbocycles. The maximum Gasteiger partial charge on any atom is 0.0461 e. The summed E-state index contributed by atoms with van der Waals surface area (Å²) in [6.45, 7) is 8.07. The Morgan fingerprint density at radius 1 is 0.548 bits per heavy atom. The van der Waals surface area contributed by atoms with Gasteiger partial charge in [-0.25, -0.2) is 0 Å². The summed E-state index contributed by atoms with van der Waals surface area (Å²) in [7, 11) is 0. The fourth-order valence-electron chi connectivity index (χ4n) is 3.76. The summed E-state index contributed by atoms with van der Waals surface area (Å²) in [5.74, 6) is 0. The van der Waals surface area contributed by atoms with Gasteiger partial charge < -0.3 is 4.90 Å². The predicted molar refractivity (Wildman–Crippen MR) is 135 cm³/mol. The van der Waals surface area contributed by atoms with Crippen molar-refractivity contribution in [3.05, 3.63) is 131 Å². The molecule has 0 spiro atoms. The van der Waals surface area contributed by atoms with Gasteiger partial charge in [0.25, 0.3) is 0 Å². The summed E-state index contributed by atoms with van der Waals surface area (Å²) in [5.41, 5.74) is 9.93. The van der Waals surface area contributed by atoms with Gasteiger partial charge in [0.1, 0.15) is 0 Å². The molecule has 0 aliphatic heterocycles. The van der Waals surface area contributed by atoms with Crippen LogP contribution in [0.25, 0.3) is 6.08 Å². The third-order valence-corrected chi connectivity index (χ3v) is 5.70. The largest absolute Gasteiger partial charge is 0.311 e. The Bertz CT molecular complexity index is 1070. The molecular formula is C30H29N. The van der Waals surface area contributed by atoms with Crippen LogP contribution in [-0.2, 0) is 12.8 Å². The van der Waals surface area contributed by atoms with Crippen molar-refractivity contribution in [1.82, 2.24) is 0 Å². The third kappa shape index (κ3) is 5.13. The van der Waals surface area contributed by atoms with Crippen molar-refractivity contribution in [3.63, 3.8) is 0 Å². The maximum absolute atomic E-state index is 3.82. The van der Waals surface area contributed by atoms with Gasteiger partial charge >= 0.3 is 0 Å². The lowest BCUT2D eigenvalue weighted by molar-refractivity contribution is 0.960. The second-order valence-electron chi connectivity index (χ2n) is 8.12. The van der Waals surface area contributed by atoms with Crippen molar-refractivity contribution < 1.29 is 0 Å². The summed E-state index contributed by atoms with van der Waals surface area (Å²) in [6, 6.07) is 35.1. The minimum atomic E-state index is 1.03. The van der Waals surface area contributed by atoms with Crippen molar-refractivity contribution in [1.29, 1.82) is 0 Å². The molecule has 0 bridgehead atoms. The van der Waals surface area contributed by atoms with E-state index in [-0.39, 0.29) is 0 Å². The van der Waals surface area contributed by atoms with Crippen LogP contribution in [-0.4, -0.2) is 0 Å². The van der Waals surface area contributed by atoms with E-state index in [1.807, 2.05) is 6.08 Å². The van der Waals surface area contributed by atoms with Crippen LogP contribution in [0.3, 0.4) is 0 Å².